The Morgan fingerprint density at radius 3 is 2.91 bits per heavy atom. The van der Waals surface area contributed by atoms with Crippen LogP contribution in [0.25, 0.3) is 0 Å². The van der Waals surface area contributed by atoms with Crippen molar-refractivity contribution in [2.75, 3.05) is 20.2 Å². The number of carbonyl (C=O) groups is 1. The van der Waals surface area contributed by atoms with Gasteiger partial charge in [-0.15, -0.1) is 0 Å². The lowest BCUT2D eigenvalue weighted by Gasteiger charge is -2.15. The molecular formula is C15H22N6O2. The second-order valence-corrected chi connectivity index (χ2v) is 6.13. The first-order valence-corrected chi connectivity index (χ1v) is 7.78. The molecule has 0 aromatic carbocycles. The summed E-state index contributed by atoms with van der Waals surface area (Å²) in [7, 11) is 1.66. The summed E-state index contributed by atoms with van der Waals surface area (Å²) >= 11 is 0. The van der Waals surface area contributed by atoms with Gasteiger partial charge in [0.15, 0.2) is 0 Å². The monoisotopic (exact) mass is 318 g/mol. The van der Waals surface area contributed by atoms with Crippen LogP contribution in [-0.2, 0) is 16.0 Å². The second-order valence-electron chi connectivity index (χ2n) is 6.13. The van der Waals surface area contributed by atoms with E-state index >= 15 is 0 Å². The average Bonchev–Trinajstić information content (AvgIpc) is 3.26. The zero-order chi connectivity index (χ0) is 16.4. The number of aromatic nitrogens is 5. The SMILES string of the molecule is CO[C@@H]1CN(C(=O)Cc2ccn(C(C)C)n2)C[C@H]1c1cn[nH]n1. The minimum absolute atomic E-state index is 0.0518. The molecule has 23 heavy (non-hydrogen) atoms. The number of aromatic amines is 1. The Labute approximate surface area is 134 Å². The fraction of sp³-hybridized carbons (Fsp3) is 0.600. The molecule has 1 fully saturated rings. The Kier molecular flexibility index (Phi) is 4.42. The summed E-state index contributed by atoms with van der Waals surface area (Å²) < 4.78 is 7.38. The number of carbonyl (C=O) groups excluding carboxylic acids is 1. The summed E-state index contributed by atoms with van der Waals surface area (Å²) in [5.74, 6) is 0.114. The van der Waals surface area contributed by atoms with Gasteiger partial charge >= 0.3 is 0 Å². The van der Waals surface area contributed by atoms with Gasteiger partial charge in [0.2, 0.25) is 5.91 Å². The van der Waals surface area contributed by atoms with Crippen molar-refractivity contribution in [2.45, 2.75) is 38.3 Å². The predicted molar refractivity (Wildman–Crippen MR) is 82.8 cm³/mol. The van der Waals surface area contributed by atoms with Crippen molar-refractivity contribution in [3.05, 3.63) is 29.8 Å². The molecule has 1 amide bonds. The number of nitrogens with zero attached hydrogens (tertiary/aromatic N) is 5. The molecular weight excluding hydrogens is 296 g/mol. The summed E-state index contributed by atoms with van der Waals surface area (Å²) in [4.78, 5) is 14.4. The number of hydrogen-bond acceptors (Lipinski definition) is 5. The smallest absolute Gasteiger partial charge is 0.228 e. The van der Waals surface area contributed by atoms with Crippen molar-refractivity contribution in [3.8, 4) is 0 Å². The Hall–Kier alpha value is -2.22. The van der Waals surface area contributed by atoms with E-state index in [1.54, 1.807) is 13.3 Å². The molecule has 2 aromatic heterocycles. The van der Waals surface area contributed by atoms with Gasteiger partial charge in [0.05, 0.1) is 36.0 Å². The molecule has 8 nitrogen and oxygen atoms in total. The fourth-order valence-electron chi connectivity index (χ4n) is 2.92. The molecule has 0 bridgehead atoms. The largest absolute Gasteiger partial charge is 0.379 e. The molecule has 8 heteroatoms. The molecule has 124 valence electrons. The van der Waals surface area contributed by atoms with Gasteiger partial charge < -0.3 is 9.64 Å². The Morgan fingerprint density at radius 1 is 1.48 bits per heavy atom. The minimum atomic E-state index is -0.0581. The summed E-state index contributed by atoms with van der Waals surface area (Å²) in [6, 6.07) is 2.19. The third-order valence-electron chi connectivity index (χ3n) is 4.26. The van der Waals surface area contributed by atoms with Crippen molar-refractivity contribution >= 4 is 5.91 Å². The van der Waals surface area contributed by atoms with Crippen LogP contribution >= 0.6 is 0 Å². The molecule has 0 radical (unpaired) electrons. The molecule has 3 heterocycles. The van der Waals surface area contributed by atoms with Crippen LogP contribution in [0.3, 0.4) is 0 Å². The second kappa shape index (κ2) is 6.49. The average molecular weight is 318 g/mol. The Morgan fingerprint density at radius 2 is 2.30 bits per heavy atom. The van der Waals surface area contributed by atoms with Gasteiger partial charge in [0.1, 0.15) is 0 Å². The summed E-state index contributed by atoms with van der Waals surface area (Å²) in [5.41, 5.74) is 1.62. The van der Waals surface area contributed by atoms with E-state index in [4.69, 9.17) is 4.74 Å². The normalized spacial score (nSPS) is 21.3. The van der Waals surface area contributed by atoms with E-state index < -0.39 is 0 Å². The van der Waals surface area contributed by atoms with Crippen LogP contribution in [0.1, 0.15) is 37.2 Å². The molecule has 1 N–H and O–H groups in total. The van der Waals surface area contributed by atoms with Crippen LogP contribution in [0.2, 0.25) is 0 Å². The molecule has 0 aliphatic carbocycles. The number of likely N-dealkylation sites (tertiary alicyclic amines) is 1. The quantitative estimate of drug-likeness (QED) is 0.879. The summed E-state index contributed by atoms with van der Waals surface area (Å²) in [6.07, 6.45) is 3.85. The van der Waals surface area contributed by atoms with Gasteiger partial charge in [0, 0.05) is 32.4 Å². The molecule has 2 aromatic rings. The summed E-state index contributed by atoms with van der Waals surface area (Å²) in [5, 5.41) is 15.0. The van der Waals surface area contributed by atoms with E-state index in [2.05, 4.69) is 34.4 Å². The van der Waals surface area contributed by atoms with Crippen LogP contribution in [0, 0.1) is 0 Å². The molecule has 0 unspecified atom stereocenters. The number of nitrogens with one attached hydrogen (secondary N) is 1. The predicted octanol–water partition coefficient (Wildman–Crippen LogP) is 0.766. The van der Waals surface area contributed by atoms with Crippen LogP contribution < -0.4 is 0 Å². The van der Waals surface area contributed by atoms with Crippen molar-refractivity contribution in [3.63, 3.8) is 0 Å². The van der Waals surface area contributed by atoms with E-state index in [-0.39, 0.29) is 17.9 Å². The Bertz CT molecular complexity index is 651. The number of amides is 1. The molecule has 1 aliphatic heterocycles. The molecule has 1 aliphatic rings. The maximum Gasteiger partial charge on any atom is 0.228 e. The highest BCUT2D eigenvalue weighted by Gasteiger charge is 2.37. The molecule has 0 spiro atoms. The van der Waals surface area contributed by atoms with Gasteiger partial charge in [-0.25, -0.2) is 0 Å². The van der Waals surface area contributed by atoms with Crippen molar-refractivity contribution in [2.24, 2.45) is 0 Å². The Balaban J connectivity index is 1.65. The zero-order valence-corrected chi connectivity index (χ0v) is 13.6. The van der Waals surface area contributed by atoms with Crippen molar-refractivity contribution < 1.29 is 9.53 Å². The highest BCUT2D eigenvalue weighted by atomic mass is 16.5. The third kappa shape index (κ3) is 3.26. The van der Waals surface area contributed by atoms with Gasteiger partial charge in [-0.05, 0) is 19.9 Å². The van der Waals surface area contributed by atoms with Crippen LogP contribution in [0.15, 0.2) is 18.5 Å². The third-order valence-corrected chi connectivity index (χ3v) is 4.26. The first kappa shape index (κ1) is 15.7. The van der Waals surface area contributed by atoms with Crippen LogP contribution in [0.5, 0.6) is 0 Å². The molecule has 1 saturated heterocycles. The highest BCUT2D eigenvalue weighted by Crippen LogP contribution is 2.28. The minimum Gasteiger partial charge on any atom is -0.379 e. The highest BCUT2D eigenvalue weighted by molar-refractivity contribution is 5.78. The van der Waals surface area contributed by atoms with Gasteiger partial charge in [-0.3, -0.25) is 9.48 Å². The first-order valence-electron chi connectivity index (χ1n) is 7.78. The lowest BCUT2D eigenvalue weighted by molar-refractivity contribution is -0.129. The maximum absolute atomic E-state index is 12.5. The van der Waals surface area contributed by atoms with Crippen molar-refractivity contribution in [1.82, 2.24) is 30.1 Å². The first-order chi connectivity index (χ1) is 11.1. The molecule has 2 atom stereocenters. The number of ether oxygens (including phenoxy) is 1. The number of hydrogen-bond donors (Lipinski definition) is 1. The fourth-order valence-corrected chi connectivity index (χ4v) is 2.92. The lowest BCUT2D eigenvalue weighted by Crippen LogP contribution is -2.31. The van der Waals surface area contributed by atoms with Crippen molar-refractivity contribution in [1.29, 1.82) is 0 Å². The van der Waals surface area contributed by atoms with E-state index in [0.29, 0.717) is 25.6 Å². The molecule has 3 rings (SSSR count). The van der Waals surface area contributed by atoms with E-state index in [9.17, 15) is 4.79 Å². The van der Waals surface area contributed by atoms with Gasteiger partial charge in [-0.1, -0.05) is 0 Å². The van der Waals surface area contributed by atoms with Gasteiger partial charge in [0.25, 0.3) is 0 Å². The number of rotatable bonds is 5. The lowest BCUT2D eigenvalue weighted by atomic mass is 10.0. The van der Waals surface area contributed by atoms with Crippen LogP contribution in [-0.4, -0.2) is 62.3 Å². The standard InChI is InChI=1S/C15H22N6O2/c1-10(2)21-5-4-11(18-21)6-15(22)20-8-12(14(9-20)23-3)13-7-16-19-17-13/h4-5,7,10,12,14H,6,8-9H2,1-3H3,(H,16,17,19)/t12-,14+/m0/s1. The number of H-pyrrole nitrogens is 1. The van der Waals surface area contributed by atoms with E-state index in [1.807, 2.05) is 21.8 Å². The molecule has 0 saturated carbocycles. The summed E-state index contributed by atoms with van der Waals surface area (Å²) in [6.45, 7) is 5.28. The number of methoxy groups -OCH3 is 1. The van der Waals surface area contributed by atoms with E-state index in [1.165, 1.54) is 0 Å². The zero-order valence-electron chi connectivity index (χ0n) is 13.6. The maximum atomic E-state index is 12.5. The van der Waals surface area contributed by atoms with Gasteiger partial charge in [-0.2, -0.15) is 20.5 Å². The van der Waals surface area contributed by atoms with E-state index in [0.717, 1.165) is 11.4 Å². The topological polar surface area (TPSA) is 88.9 Å². The van der Waals surface area contributed by atoms with Crippen LogP contribution in [0.4, 0.5) is 0 Å².